The van der Waals surface area contributed by atoms with Crippen LogP contribution in [0.25, 0.3) is 0 Å². The Kier molecular flexibility index (Phi) is 6.61. The zero-order valence-corrected chi connectivity index (χ0v) is 23.2. The van der Waals surface area contributed by atoms with Crippen molar-refractivity contribution in [3.05, 3.63) is 46.5 Å². The van der Waals surface area contributed by atoms with Crippen LogP contribution in [-0.2, 0) is 16.1 Å². The second kappa shape index (κ2) is 9.84. The lowest BCUT2D eigenvalue weighted by atomic mass is 9.49. The molecule has 1 aliphatic heterocycles. The van der Waals surface area contributed by atoms with Crippen molar-refractivity contribution < 1.29 is 33.6 Å². The van der Waals surface area contributed by atoms with Crippen LogP contribution in [0.5, 0.6) is 23.0 Å². The Labute approximate surface area is 229 Å². The molecule has 0 amide bonds. The van der Waals surface area contributed by atoms with Gasteiger partial charge in [-0.1, -0.05) is 13.8 Å². The number of esters is 2. The van der Waals surface area contributed by atoms with Gasteiger partial charge in [0.15, 0.2) is 11.5 Å². The number of aliphatic hydroxyl groups is 1. The van der Waals surface area contributed by atoms with E-state index < -0.39 is 17.5 Å². The smallest absolute Gasteiger partial charge is 0.346 e. The summed E-state index contributed by atoms with van der Waals surface area (Å²) in [5, 5.41) is 10.8. The number of fused-ring (bicyclic) bond motifs is 2. The Balaban J connectivity index is 1.36. The third-order valence-electron chi connectivity index (χ3n) is 9.13. The van der Waals surface area contributed by atoms with E-state index in [1.165, 1.54) is 26.4 Å². The second-order valence-corrected chi connectivity index (χ2v) is 12.7. The maximum atomic E-state index is 13.8. The third kappa shape index (κ3) is 4.69. The number of hydrogen-bond acceptors (Lipinski definition) is 7. The molecule has 1 atom stereocenters. The number of ether oxygens (including phenoxy) is 4. The first kappa shape index (κ1) is 26.2. The molecule has 4 saturated carbocycles. The minimum Gasteiger partial charge on any atom is -0.495 e. The number of carbonyl (C=O) groups is 2. The van der Waals surface area contributed by atoms with Crippen LogP contribution in [0.3, 0.4) is 0 Å². The zero-order valence-electron chi connectivity index (χ0n) is 23.2. The van der Waals surface area contributed by atoms with Gasteiger partial charge in [0, 0.05) is 11.1 Å². The Morgan fingerprint density at radius 3 is 2.38 bits per heavy atom. The summed E-state index contributed by atoms with van der Waals surface area (Å²) in [6.07, 6.45) is 6.16. The van der Waals surface area contributed by atoms with Crippen molar-refractivity contribution in [3.63, 3.8) is 0 Å². The number of aliphatic hydroxyl groups excluding tert-OH is 1. The van der Waals surface area contributed by atoms with E-state index in [0.29, 0.717) is 46.8 Å². The highest BCUT2D eigenvalue weighted by molar-refractivity contribution is 5.97. The minimum absolute atomic E-state index is 0.0425. The van der Waals surface area contributed by atoms with Crippen molar-refractivity contribution in [3.8, 4) is 23.0 Å². The number of cyclic esters (lactones) is 1. The van der Waals surface area contributed by atoms with E-state index in [2.05, 4.69) is 0 Å². The van der Waals surface area contributed by atoms with E-state index in [1.807, 2.05) is 32.9 Å². The van der Waals surface area contributed by atoms with Crippen LogP contribution in [0, 0.1) is 36.0 Å². The summed E-state index contributed by atoms with van der Waals surface area (Å²) < 4.78 is 23.9. The highest BCUT2D eigenvalue weighted by atomic mass is 16.6. The number of hydrogen-bond donors (Lipinski definition) is 1. The number of benzene rings is 2. The fourth-order valence-electron chi connectivity index (χ4n) is 7.92. The van der Waals surface area contributed by atoms with Gasteiger partial charge in [0.2, 0.25) is 0 Å². The molecule has 1 N–H and O–H groups in total. The first-order chi connectivity index (χ1) is 18.7. The van der Waals surface area contributed by atoms with E-state index >= 15 is 0 Å². The molecule has 7 nitrogen and oxygen atoms in total. The summed E-state index contributed by atoms with van der Waals surface area (Å²) in [5.41, 5.74) is 1.71. The largest absolute Gasteiger partial charge is 0.495 e. The van der Waals surface area contributed by atoms with Crippen LogP contribution < -0.4 is 14.2 Å². The van der Waals surface area contributed by atoms with Gasteiger partial charge in [-0.05, 0) is 105 Å². The summed E-state index contributed by atoms with van der Waals surface area (Å²) in [6.45, 7) is 5.92. The molecule has 0 spiro atoms. The third-order valence-corrected chi connectivity index (χ3v) is 9.13. The summed E-state index contributed by atoms with van der Waals surface area (Å²) >= 11 is 0. The van der Waals surface area contributed by atoms with Crippen LogP contribution in [-0.4, -0.2) is 24.2 Å². The predicted octanol–water partition coefficient (Wildman–Crippen LogP) is 6.67. The second-order valence-electron chi connectivity index (χ2n) is 12.7. The fraction of sp³-hybridized carbons (Fsp3) is 0.562. The van der Waals surface area contributed by atoms with Crippen molar-refractivity contribution >= 4 is 11.9 Å². The van der Waals surface area contributed by atoms with Crippen molar-refractivity contribution in [2.75, 3.05) is 7.11 Å². The van der Waals surface area contributed by atoms with Gasteiger partial charge in [0.05, 0.1) is 18.6 Å². The number of aryl methyl sites for hydroxylation is 1. The maximum Gasteiger partial charge on any atom is 0.346 e. The van der Waals surface area contributed by atoms with E-state index in [9.17, 15) is 14.7 Å². The van der Waals surface area contributed by atoms with Gasteiger partial charge >= 0.3 is 11.9 Å². The Bertz CT molecular complexity index is 1270. The molecule has 0 saturated heterocycles. The first-order valence-electron chi connectivity index (χ1n) is 14.3. The van der Waals surface area contributed by atoms with Crippen LogP contribution in [0.2, 0.25) is 0 Å². The van der Waals surface area contributed by atoms with Crippen LogP contribution in [0.15, 0.2) is 24.3 Å². The quantitative estimate of drug-likeness (QED) is 0.327. The molecule has 4 aliphatic carbocycles. The molecule has 4 fully saturated rings. The van der Waals surface area contributed by atoms with E-state index in [-0.39, 0.29) is 35.6 Å². The lowest BCUT2D eigenvalue weighted by Crippen LogP contribution is -2.51. The standard InChI is InChI=1S/C32H38O7/c1-17(2)7-24(33)23-5-6-25-27(29(23)36-4)30(34)37-16-22-8-18(3)9-26(28(22)38-25)39-31(35)32-13-19-10-20(14-32)12-21(11-19)15-32/h5-6,8-9,17,19-21,24,33H,7,10-16H2,1-4H3/t19?,20?,21?,24-,32?/m0/s1. The van der Waals surface area contributed by atoms with Gasteiger partial charge in [0.1, 0.15) is 23.7 Å². The molecule has 0 radical (unpaired) electrons. The van der Waals surface area contributed by atoms with Gasteiger partial charge in [-0.25, -0.2) is 4.79 Å². The predicted molar refractivity (Wildman–Crippen MR) is 144 cm³/mol. The Morgan fingerprint density at radius 2 is 1.77 bits per heavy atom. The molecule has 0 unspecified atom stereocenters. The molecule has 4 bridgehead atoms. The van der Waals surface area contributed by atoms with Crippen molar-refractivity contribution in [2.24, 2.45) is 29.1 Å². The van der Waals surface area contributed by atoms with Crippen molar-refractivity contribution in [1.82, 2.24) is 0 Å². The van der Waals surface area contributed by atoms with E-state index in [1.54, 1.807) is 12.1 Å². The summed E-state index contributed by atoms with van der Waals surface area (Å²) in [4.78, 5) is 27.0. The van der Waals surface area contributed by atoms with Crippen LogP contribution in [0.1, 0.15) is 91.9 Å². The topological polar surface area (TPSA) is 91.3 Å². The summed E-state index contributed by atoms with van der Waals surface area (Å²) in [6, 6.07) is 7.07. The lowest BCUT2D eigenvalue weighted by molar-refractivity contribution is -0.161. The number of methoxy groups -OCH3 is 1. The maximum absolute atomic E-state index is 13.8. The van der Waals surface area contributed by atoms with Gasteiger partial charge < -0.3 is 24.1 Å². The summed E-state index contributed by atoms with van der Waals surface area (Å²) in [5.74, 6) is 2.52. The highest BCUT2D eigenvalue weighted by Gasteiger charge is 2.55. The van der Waals surface area contributed by atoms with Gasteiger partial charge in [-0.3, -0.25) is 4.79 Å². The molecular formula is C32H38O7. The monoisotopic (exact) mass is 534 g/mol. The summed E-state index contributed by atoms with van der Waals surface area (Å²) in [7, 11) is 1.46. The Morgan fingerprint density at radius 1 is 1.10 bits per heavy atom. The van der Waals surface area contributed by atoms with Crippen molar-refractivity contribution in [1.29, 1.82) is 0 Å². The van der Waals surface area contributed by atoms with Crippen molar-refractivity contribution in [2.45, 2.75) is 78.4 Å². The molecular weight excluding hydrogens is 496 g/mol. The molecule has 39 heavy (non-hydrogen) atoms. The van der Waals surface area contributed by atoms with E-state index in [4.69, 9.17) is 18.9 Å². The lowest BCUT2D eigenvalue weighted by Gasteiger charge is -2.55. The number of carbonyl (C=O) groups excluding carboxylic acids is 2. The SMILES string of the molecule is COc1c([C@@H](O)CC(C)C)ccc2c1C(=O)OCc1cc(C)cc(OC(=O)C34CC5CC(CC(C5)C3)C4)c1O2. The molecule has 0 aromatic heterocycles. The van der Waals surface area contributed by atoms with Gasteiger partial charge in [-0.15, -0.1) is 0 Å². The average Bonchev–Trinajstić information content (AvgIpc) is 2.86. The Hall–Kier alpha value is -3.06. The van der Waals surface area contributed by atoms with Crippen LogP contribution in [0.4, 0.5) is 0 Å². The average molecular weight is 535 g/mol. The van der Waals surface area contributed by atoms with Crippen LogP contribution >= 0.6 is 0 Å². The molecule has 1 heterocycles. The molecule has 208 valence electrons. The fourth-order valence-corrected chi connectivity index (χ4v) is 7.92. The molecule has 2 aromatic carbocycles. The van der Waals surface area contributed by atoms with E-state index in [0.717, 1.165) is 24.8 Å². The first-order valence-corrected chi connectivity index (χ1v) is 14.3. The molecule has 2 aromatic rings. The normalized spacial score (nSPS) is 27.5. The van der Waals surface area contributed by atoms with Gasteiger partial charge in [-0.2, -0.15) is 0 Å². The minimum atomic E-state index is -0.810. The molecule has 7 heteroatoms. The zero-order chi connectivity index (χ0) is 27.5. The molecule has 7 rings (SSSR count). The highest BCUT2D eigenvalue weighted by Crippen LogP contribution is 2.60. The van der Waals surface area contributed by atoms with Gasteiger partial charge in [0.25, 0.3) is 0 Å². The number of rotatable bonds is 6. The molecule has 5 aliphatic rings.